The van der Waals surface area contributed by atoms with Crippen LogP contribution in [0.3, 0.4) is 0 Å². The molecule has 9 nitrogen and oxygen atoms in total. The van der Waals surface area contributed by atoms with Crippen molar-refractivity contribution in [2.75, 3.05) is 17.2 Å². The Morgan fingerprint density at radius 2 is 2.14 bits per heavy atom. The lowest BCUT2D eigenvalue weighted by Gasteiger charge is -2.38. The third kappa shape index (κ3) is 3.40. The number of piperidine rings is 1. The highest BCUT2D eigenvalue weighted by Gasteiger charge is 2.40. The molecule has 29 heavy (non-hydrogen) atoms. The van der Waals surface area contributed by atoms with E-state index in [-0.39, 0.29) is 0 Å². The third-order valence-corrected chi connectivity index (χ3v) is 6.10. The molecule has 0 aromatic carbocycles. The van der Waals surface area contributed by atoms with E-state index >= 15 is 0 Å². The van der Waals surface area contributed by atoms with Crippen molar-refractivity contribution in [1.29, 1.82) is 5.26 Å². The topological polar surface area (TPSA) is 110 Å². The molecule has 3 N–H and O–H groups in total. The number of nitriles is 1. The van der Waals surface area contributed by atoms with Gasteiger partial charge in [0.1, 0.15) is 5.52 Å². The molecule has 0 aliphatic carbocycles. The molecular formula is C20H25N9. The van der Waals surface area contributed by atoms with Crippen LogP contribution in [0.25, 0.3) is 5.52 Å². The van der Waals surface area contributed by atoms with Crippen LogP contribution < -0.4 is 10.6 Å². The second-order valence-corrected chi connectivity index (χ2v) is 8.02. The summed E-state index contributed by atoms with van der Waals surface area (Å²) < 4.78 is 2.04. The molecule has 0 amide bonds. The van der Waals surface area contributed by atoms with Crippen molar-refractivity contribution >= 4 is 23.1 Å². The van der Waals surface area contributed by atoms with Crippen molar-refractivity contribution in [3.05, 3.63) is 30.4 Å². The highest BCUT2D eigenvalue weighted by Crippen LogP contribution is 2.37. The highest BCUT2D eigenvalue weighted by atomic mass is 15.3. The van der Waals surface area contributed by atoms with Crippen LogP contribution in [0.5, 0.6) is 0 Å². The van der Waals surface area contributed by atoms with Gasteiger partial charge in [-0.15, -0.1) is 0 Å². The van der Waals surface area contributed by atoms with E-state index in [4.69, 9.17) is 10.2 Å². The van der Waals surface area contributed by atoms with E-state index in [2.05, 4.69) is 36.8 Å². The second kappa shape index (κ2) is 7.37. The number of aromatic amines is 1. The van der Waals surface area contributed by atoms with Gasteiger partial charge in [0.05, 0.1) is 12.3 Å². The van der Waals surface area contributed by atoms with Gasteiger partial charge in [-0.2, -0.15) is 15.3 Å². The van der Waals surface area contributed by atoms with Crippen molar-refractivity contribution in [1.82, 2.24) is 29.5 Å². The van der Waals surface area contributed by atoms with Gasteiger partial charge in [0.2, 0.25) is 5.95 Å². The van der Waals surface area contributed by atoms with Crippen molar-refractivity contribution in [3.8, 4) is 6.07 Å². The number of anilines is 3. The molecule has 0 spiro atoms. The van der Waals surface area contributed by atoms with Crippen LogP contribution in [0, 0.1) is 18.3 Å². The molecule has 2 bridgehead atoms. The fourth-order valence-electron chi connectivity index (χ4n) is 4.85. The first-order valence-corrected chi connectivity index (χ1v) is 10.2. The van der Waals surface area contributed by atoms with Crippen molar-refractivity contribution in [3.63, 3.8) is 0 Å². The van der Waals surface area contributed by atoms with E-state index in [1.165, 1.54) is 12.8 Å². The smallest absolute Gasteiger partial charge is 0.209 e. The van der Waals surface area contributed by atoms with Crippen LogP contribution in [-0.2, 0) is 0 Å². The summed E-state index contributed by atoms with van der Waals surface area (Å²) in [6.07, 6.45) is 10.8. The third-order valence-electron chi connectivity index (χ3n) is 6.10. The number of imidazole rings is 1. The van der Waals surface area contributed by atoms with Crippen molar-refractivity contribution in [2.45, 2.75) is 57.2 Å². The molecular weight excluding hydrogens is 366 g/mol. The molecule has 2 fully saturated rings. The van der Waals surface area contributed by atoms with Gasteiger partial charge in [0.25, 0.3) is 0 Å². The molecule has 2 aliphatic rings. The summed E-state index contributed by atoms with van der Waals surface area (Å²) >= 11 is 0. The number of aryl methyl sites for hydroxylation is 1. The molecule has 2 atom stereocenters. The van der Waals surface area contributed by atoms with Crippen LogP contribution in [0.15, 0.2) is 24.7 Å². The molecule has 2 unspecified atom stereocenters. The lowest BCUT2D eigenvalue weighted by atomic mass is 9.97. The molecule has 150 valence electrons. The fourth-order valence-corrected chi connectivity index (χ4v) is 4.85. The molecule has 0 saturated carbocycles. The lowest BCUT2D eigenvalue weighted by molar-refractivity contribution is 0.135. The van der Waals surface area contributed by atoms with Gasteiger partial charge in [-0.1, -0.05) is 0 Å². The minimum atomic E-state index is 0.380. The van der Waals surface area contributed by atoms with Gasteiger partial charge in [-0.05, 0) is 32.6 Å². The van der Waals surface area contributed by atoms with Crippen LogP contribution >= 0.6 is 0 Å². The number of nitrogens with zero attached hydrogens (tertiary/aromatic N) is 6. The Morgan fingerprint density at radius 1 is 1.31 bits per heavy atom. The minimum Gasteiger partial charge on any atom is -0.352 e. The summed E-state index contributed by atoms with van der Waals surface area (Å²) in [7, 11) is 0. The number of H-pyrrole nitrogens is 1. The van der Waals surface area contributed by atoms with E-state index in [0.717, 1.165) is 48.2 Å². The van der Waals surface area contributed by atoms with Crippen LogP contribution in [0.4, 0.5) is 17.6 Å². The van der Waals surface area contributed by atoms with Gasteiger partial charge >= 0.3 is 0 Å². The average Bonchev–Trinajstić information content (AvgIpc) is 3.35. The first-order valence-electron chi connectivity index (χ1n) is 10.2. The van der Waals surface area contributed by atoms with Crippen molar-refractivity contribution in [2.24, 2.45) is 0 Å². The Labute approximate surface area is 169 Å². The highest BCUT2D eigenvalue weighted by molar-refractivity contribution is 5.75. The molecule has 3 aromatic heterocycles. The summed E-state index contributed by atoms with van der Waals surface area (Å²) in [5.74, 6) is 2.30. The van der Waals surface area contributed by atoms with Gasteiger partial charge < -0.3 is 10.6 Å². The molecule has 3 aromatic rings. The Hall–Kier alpha value is -3.12. The summed E-state index contributed by atoms with van der Waals surface area (Å²) in [6.45, 7) is 2.86. The predicted octanol–water partition coefficient (Wildman–Crippen LogP) is 2.83. The first-order chi connectivity index (χ1) is 14.2. The van der Waals surface area contributed by atoms with E-state index < -0.39 is 0 Å². The van der Waals surface area contributed by atoms with Gasteiger partial charge in [-0.3, -0.25) is 19.4 Å². The molecule has 2 saturated heterocycles. The Bertz CT molecular complexity index is 1030. The number of hydrogen-bond acceptors (Lipinski definition) is 7. The quantitative estimate of drug-likeness (QED) is 0.593. The number of aromatic nitrogens is 5. The van der Waals surface area contributed by atoms with E-state index in [0.29, 0.717) is 24.5 Å². The molecule has 5 heterocycles. The summed E-state index contributed by atoms with van der Waals surface area (Å²) in [6, 6.07) is 5.75. The monoisotopic (exact) mass is 391 g/mol. The van der Waals surface area contributed by atoms with E-state index in [1.54, 1.807) is 6.20 Å². The first kappa shape index (κ1) is 17.9. The maximum Gasteiger partial charge on any atom is 0.209 e. The molecule has 0 radical (unpaired) electrons. The Morgan fingerprint density at radius 3 is 2.86 bits per heavy atom. The summed E-state index contributed by atoms with van der Waals surface area (Å²) in [4.78, 5) is 11.6. The summed E-state index contributed by atoms with van der Waals surface area (Å²) in [5.41, 5.74) is 1.90. The van der Waals surface area contributed by atoms with E-state index in [1.807, 2.05) is 29.8 Å². The zero-order chi connectivity index (χ0) is 19.8. The van der Waals surface area contributed by atoms with Gasteiger partial charge in [0.15, 0.2) is 11.6 Å². The fraction of sp³-hybridized carbons (Fsp3) is 0.500. The van der Waals surface area contributed by atoms with Crippen molar-refractivity contribution < 1.29 is 0 Å². The Balaban J connectivity index is 1.36. The van der Waals surface area contributed by atoms with Crippen LogP contribution in [0.1, 0.15) is 37.8 Å². The predicted molar refractivity (Wildman–Crippen MR) is 110 cm³/mol. The maximum absolute atomic E-state index is 8.93. The zero-order valence-corrected chi connectivity index (χ0v) is 16.5. The van der Waals surface area contributed by atoms with Crippen LogP contribution in [0.2, 0.25) is 0 Å². The summed E-state index contributed by atoms with van der Waals surface area (Å²) in [5, 5.41) is 23.1. The standard InChI is InChI=1S/C20H25N9/c1-13-9-18(27-26-13)24-19-17-12-22-6-8-29(17)20(25-19)23-14-10-15-3-4-16(11-14)28(15)7-2-5-21/h6,8-9,12,14-16H,2-4,7,10-11H2,1H3,(H,23,25)(H2,24,26,27). The average molecular weight is 391 g/mol. The number of nitrogens with one attached hydrogen (secondary N) is 3. The Kier molecular flexibility index (Phi) is 4.56. The number of hydrogen-bond donors (Lipinski definition) is 3. The minimum absolute atomic E-state index is 0.380. The zero-order valence-electron chi connectivity index (χ0n) is 16.5. The molecule has 9 heteroatoms. The van der Waals surface area contributed by atoms with E-state index in [9.17, 15) is 0 Å². The molecule has 5 rings (SSSR count). The van der Waals surface area contributed by atoms with Gasteiger partial charge in [0, 0.05) is 55.2 Å². The normalized spacial score (nSPS) is 23.9. The SMILES string of the molecule is Cc1cc(Nc2nc(NC3CC4CCC(C3)N4CCC#N)n3ccncc23)n[nH]1. The lowest BCUT2D eigenvalue weighted by Crippen LogP contribution is -2.47. The second-order valence-electron chi connectivity index (χ2n) is 8.02. The number of fused-ring (bicyclic) bond motifs is 3. The van der Waals surface area contributed by atoms with Crippen LogP contribution in [-0.4, -0.2) is 54.1 Å². The van der Waals surface area contributed by atoms with Gasteiger partial charge in [-0.25, -0.2) is 0 Å². The number of rotatable bonds is 6. The largest absolute Gasteiger partial charge is 0.352 e. The maximum atomic E-state index is 8.93. The molecule has 2 aliphatic heterocycles.